The Kier molecular flexibility index (Phi) is 4.74. The number of halogens is 1. The van der Waals surface area contributed by atoms with E-state index < -0.39 is 5.97 Å². The van der Waals surface area contributed by atoms with Gasteiger partial charge in [0.25, 0.3) is 0 Å². The van der Waals surface area contributed by atoms with Crippen molar-refractivity contribution in [2.75, 3.05) is 25.2 Å². The molecule has 1 aliphatic rings. The Morgan fingerprint density at radius 3 is 2.80 bits per heavy atom. The van der Waals surface area contributed by atoms with E-state index in [1.807, 2.05) is 11.9 Å². The second-order valence-corrected chi connectivity index (χ2v) is 4.80. The quantitative estimate of drug-likeness (QED) is 0.860. The fourth-order valence-corrected chi connectivity index (χ4v) is 2.45. The van der Waals surface area contributed by atoms with Crippen LogP contribution in [-0.4, -0.2) is 37.4 Å². The second kappa shape index (κ2) is 6.52. The molecule has 0 aromatic heterocycles. The Morgan fingerprint density at radius 2 is 2.15 bits per heavy atom. The molecule has 1 aromatic rings. The third kappa shape index (κ3) is 3.36. The molecule has 0 saturated carbocycles. The number of nitrogens with zero attached hydrogens (tertiary/aromatic N) is 1. The second-order valence-electron chi connectivity index (χ2n) is 4.80. The lowest BCUT2D eigenvalue weighted by Crippen LogP contribution is -2.37. The van der Waals surface area contributed by atoms with Crippen LogP contribution in [0, 0.1) is 5.82 Å². The third-order valence-corrected chi connectivity index (χ3v) is 3.51. The number of para-hydroxylation sites is 1. The molecule has 2 rings (SSSR count). The molecular weight excluding hydrogens is 261 g/mol. The van der Waals surface area contributed by atoms with Crippen molar-refractivity contribution < 1.29 is 19.0 Å². The molecule has 1 heterocycles. The van der Waals surface area contributed by atoms with Gasteiger partial charge in [-0.05, 0) is 25.0 Å². The molecule has 0 amide bonds. The van der Waals surface area contributed by atoms with Crippen LogP contribution in [0.5, 0.6) is 0 Å². The lowest BCUT2D eigenvalue weighted by molar-refractivity contribution is -0.131. The lowest BCUT2D eigenvalue weighted by Gasteiger charge is -2.34. The van der Waals surface area contributed by atoms with E-state index in [-0.39, 0.29) is 11.9 Å². The van der Waals surface area contributed by atoms with Gasteiger partial charge in [-0.15, -0.1) is 0 Å². The minimum atomic E-state index is -1.05. The van der Waals surface area contributed by atoms with Crippen LogP contribution in [0.4, 0.5) is 10.1 Å². The van der Waals surface area contributed by atoms with Gasteiger partial charge in [0, 0.05) is 37.9 Å². The van der Waals surface area contributed by atoms with Gasteiger partial charge in [0.05, 0.1) is 5.69 Å². The molecule has 1 fully saturated rings. The molecule has 0 bridgehead atoms. The van der Waals surface area contributed by atoms with Crippen LogP contribution >= 0.6 is 0 Å². The van der Waals surface area contributed by atoms with Crippen molar-refractivity contribution in [2.24, 2.45) is 0 Å². The molecular formula is C15H18FNO3. The van der Waals surface area contributed by atoms with Crippen molar-refractivity contribution in [3.05, 3.63) is 35.7 Å². The van der Waals surface area contributed by atoms with Gasteiger partial charge >= 0.3 is 5.97 Å². The van der Waals surface area contributed by atoms with Crippen LogP contribution in [0.25, 0.3) is 6.08 Å². The maximum atomic E-state index is 14.1. The zero-order valence-corrected chi connectivity index (χ0v) is 11.4. The number of carboxylic acid groups (broad SMARTS) is 1. The van der Waals surface area contributed by atoms with E-state index in [0.717, 1.165) is 18.9 Å². The van der Waals surface area contributed by atoms with Crippen molar-refractivity contribution in [2.45, 2.75) is 18.9 Å². The minimum Gasteiger partial charge on any atom is -0.478 e. The zero-order valence-electron chi connectivity index (χ0n) is 11.4. The summed E-state index contributed by atoms with van der Waals surface area (Å²) in [6.45, 7) is 1.34. The summed E-state index contributed by atoms with van der Waals surface area (Å²) in [5, 5.41) is 8.71. The third-order valence-electron chi connectivity index (χ3n) is 3.51. The highest BCUT2D eigenvalue weighted by atomic mass is 19.1. The first-order chi connectivity index (χ1) is 9.59. The predicted molar refractivity (Wildman–Crippen MR) is 75.3 cm³/mol. The highest BCUT2D eigenvalue weighted by molar-refractivity contribution is 5.87. The Bertz CT molecular complexity index is 510. The molecule has 1 aliphatic heterocycles. The number of aliphatic carboxylic acids is 1. The van der Waals surface area contributed by atoms with Gasteiger partial charge in [-0.2, -0.15) is 0 Å². The van der Waals surface area contributed by atoms with Crippen LogP contribution in [0.15, 0.2) is 24.3 Å². The molecule has 0 unspecified atom stereocenters. The molecule has 1 aromatic carbocycles. The van der Waals surface area contributed by atoms with Gasteiger partial charge in [-0.25, -0.2) is 9.18 Å². The first kappa shape index (κ1) is 14.5. The standard InChI is InChI=1S/C15H18FNO3/c1-17(12-7-9-20-10-8-12)15-11(5-6-14(18)19)3-2-4-13(15)16/h2-6,12H,7-10H2,1H3,(H,18,19)/b6-5+. The summed E-state index contributed by atoms with van der Waals surface area (Å²) in [5.41, 5.74) is 1.01. The predicted octanol–water partition coefficient (Wildman–Crippen LogP) is 2.54. The number of hydrogen-bond acceptors (Lipinski definition) is 3. The van der Waals surface area contributed by atoms with E-state index in [0.29, 0.717) is 24.5 Å². The number of anilines is 1. The molecule has 4 nitrogen and oxygen atoms in total. The number of hydrogen-bond donors (Lipinski definition) is 1. The van der Waals surface area contributed by atoms with Crippen LogP contribution in [0.3, 0.4) is 0 Å². The summed E-state index contributed by atoms with van der Waals surface area (Å²) in [5.74, 6) is -1.39. The van der Waals surface area contributed by atoms with E-state index in [1.165, 1.54) is 12.1 Å². The Morgan fingerprint density at radius 1 is 1.45 bits per heavy atom. The zero-order chi connectivity index (χ0) is 14.5. The summed E-state index contributed by atoms with van der Waals surface area (Å²) < 4.78 is 19.4. The van der Waals surface area contributed by atoms with Crippen molar-refractivity contribution >= 4 is 17.7 Å². The fourth-order valence-electron chi connectivity index (χ4n) is 2.45. The Balaban J connectivity index is 2.30. The normalized spacial score (nSPS) is 16.5. The van der Waals surface area contributed by atoms with Gasteiger partial charge in [0.1, 0.15) is 5.82 Å². The van der Waals surface area contributed by atoms with Crippen molar-refractivity contribution in [3.8, 4) is 0 Å². The lowest BCUT2D eigenvalue weighted by atomic mass is 10.0. The SMILES string of the molecule is CN(c1c(F)cccc1/C=C/C(=O)O)C1CCOCC1. The summed E-state index contributed by atoms with van der Waals surface area (Å²) >= 11 is 0. The smallest absolute Gasteiger partial charge is 0.328 e. The molecule has 1 N–H and O–H groups in total. The average Bonchev–Trinajstić information content (AvgIpc) is 2.45. The van der Waals surface area contributed by atoms with Gasteiger partial charge in [-0.3, -0.25) is 0 Å². The monoisotopic (exact) mass is 279 g/mol. The first-order valence-electron chi connectivity index (χ1n) is 6.59. The largest absolute Gasteiger partial charge is 0.478 e. The fraction of sp³-hybridized carbons (Fsp3) is 0.400. The maximum absolute atomic E-state index is 14.1. The molecule has 0 radical (unpaired) electrons. The van der Waals surface area contributed by atoms with Crippen LogP contribution in [0.2, 0.25) is 0 Å². The average molecular weight is 279 g/mol. The van der Waals surface area contributed by atoms with Crippen molar-refractivity contribution in [1.29, 1.82) is 0 Å². The highest BCUT2D eigenvalue weighted by Crippen LogP contribution is 2.28. The van der Waals surface area contributed by atoms with Crippen LogP contribution in [-0.2, 0) is 9.53 Å². The van der Waals surface area contributed by atoms with E-state index in [1.54, 1.807) is 12.1 Å². The number of carboxylic acids is 1. The molecule has 0 spiro atoms. The molecule has 1 saturated heterocycles. The van der Waals surface area contributed by atoms with E-state index in [4.69, 9.17) is 9.84 Å². The molecule has 20 heavy (non-hydrogen) atoms. The van der Waals surface area contributed by atoms with E-state index >= 15 is 0 Å². The Hall–Kier alpha value is -1.88. The summed E-state index contributed by atoms with van der Waals surface area (Å²) in [4.78, 5) is 12.5. The summed E-state index contributed by atoms with van der Waals surface area (Å²) in [6, 6.07) is 4.90. The highest BCUT2D eigenvalue weighted by Gasteiger charge is 2.22. The van der Waals surface area contributed by atoms with Gasteiger partial charge in [0.2, 0.25) is 0 Å². The van der Waals surface area contributed by atoms with E-state index in [2.05, 4.69) is 0 Å². The number of benzene rings is 1. The maximum Gasteiger partial charge on any atom is 0.328 e. The van der Waals surface area contributed by atoms with Crippen molar-refractivity contribution in [3.63, 3.8) is 0 Å². The topological polar surface area (TPSA) is 49.8 Å². The summed E-state index contributed by atoms with van der Waals surface area (Å²) in [6.07, 6.45) is 4.13. The first-order valence-corrected chi connectivity index (χ1v) is 6.59. The van der Waals surface area contributed by atoms with Crippen LogP contribution < -0.4 is 4.90 Å². The number of ether oxygens (including phenoxy) is 1. The van der Waals surface area contributed by atoms with Crippen molar-refractivity contribution in [1.82, 2.24) is 0 Å². The molecule has 0 aliphatic carbocycles. The minimum absolute atomic E-state index is 0.206. The number of rotatable bonds is 4. The molecule has 108 valence electrons. The van der Waals surface area contributed by atoms with Gasteiger partial charge in [-0.1, -0.05) is 12.1 Å². The van der Waals surface area contributed by atoms with Gasteiger partial charge < -0.3 is 14.7 Å². The number of carbonyl (C=O) groups is 1. The van der Waals surface area contributed by atoms with Crippen LogP contribution in [0.1, 0.15) is 18.4 Å². The molecule has 5 heteroatoms. The van der Waals surface area contributed by atoms with Gasteiger partial charge in [0.15, 0.2) is 0 Å². The Labute approximate surface area is 117 Å². The molecule has 0 atom stereocenters. The van der Waals surface area contributed by atoms with E-state index in [9.17, 15) is 9.18 Å². The summed E-state index contributed by atoms with van der Waals surface area (Å²) in [7, 11) is 1.84.